The van der Waals surface area contributed by atoms with Crippen molar-refractivity contribution < 1.29 is 9.63 Å². The average molecular weight is 433 g/mol. The lowest BCUT2D eigenvalue weighted by molar-refractivity contribution is -0.135. The molecule has 1 unspecified atom stereocenters. The van der Waals surface area contributed by atoms with Crippen molar-refractivity contribution in [2.45, 2.75) is 46.3 Å². The third kappa shape index (κ3) is 6.22. The summed E-state index contributed by atoms with van der Waals surface area (Å²) in [6.45, 7) is 7.26. The predicted octanol–water partition coefficient (Wildman–Crippen LogP) is 5.95. The number of benzene rings is 2. The highest BCUT2D eigenvalue weighted by Crippen LogP contribution is 2.27. The molecule has 1 aliphatic rings. The van der Waals surface area contributed by atoms with Gasteiger partial charge in [-0.15, -0.1) is 0 Å². The highest BCUT2D eigenvalue weighted by molar-refractivity contribution is 6.42. The van der Waals surface area contributed by atoms with Gasteiger partial charge >= 0.3 is 0 Å². The molecule has 0 saturated carbocycles. The number of hydrogen-bond donors (Lipinski definition) is 0. The van der Waals surface area contributed by atoms with Crippen LogP contribution < -0.4 is 0 Å². The first kappa shape index (κ1) is 21.7. The van der Waals surface area contributed by atoms with E-state index in [4.69, 9.17) is 28.0 Å². The van der Waals surface area contributed by atoms with Crippen LogP contribution >= 0.6 is 23.2 Å². The Morgan fingerprint density at radius 3 is 2.52 bits per heavy atom. The molecule has 1 atom stereocenters. The normalized spacial score (nSPS) is 16.3. The van der Waals surface area contributed by atoms with Gasteiger partial charge in [-0.3, -0.25) is 4.79 Å². The van der Waals surface area contributed by atoms with E-state index in [0.29, 0.717) is 36.0 Å². The van der Waals surface area contributed by atoms with Gasteiger partial charge in [0.2, 0.25) is 5.91 Å². The van der Waals surface area contributed by atoms with Crippen molar-refractivity contribution in [2.24, 2.45) is 10.6 Å². The molecule has 0 bridgehead atoms. The zero-order chi connectivity index (χ0) is 21.0. The number of halogens is 2. The number of rotatable bonds is 6. The van der Waals surface area contributed by atoms with E-state index in [-0.39, 0.29) is 17.4 Å². The minimum atomic E-state index is -0.188. The number of oxime groups is 1. The van der Waals surface area contributed by atoms with Crippen molar-refractivity contribution in [3.8, 4) is 0 Å². The topological polar surface area (TPSA) is 41.9 Å². The summed E-state index contributed by atoms with van der Waals surface area (Å²) >= 11 is 12.1. The van der Waals surface area contributed by atoms with E-state index in [9.17, 15) is 4.79 Å². The predicted molar refractivity (Wildman–Crippen MR) is 118 cm³/mol. The van der Waals surface area contributed by atoms with Crippen molar-refractivity contribution in [3.63, 3.8) is 0 Å². The standard InChI is InChI=1S/C23H26Cl2N2O2/c1-23(2,3)13-22(28)27(14-16-7-5-4-6-8-16)15-18-12-21(26-29-18)17-9-10-19(24)20(25)11-17/h4-11,18H,12-15H2,1-3H3. The van der Waals surface area contributed by atoms with E-state index in [1.807, 2.05) is 41.3 Å². The molecule has 3 rings (SSSR count). The van der Waals surface area contributed by atoms with Gasteiger partial charge in [-0.05, 0) is 23.1 Å². The molecule has 29 heavy (non-hydrogen) atoms. The molecule has 0 radical (unpaired) electrons. The van der Waals surface area contributed by atoms with E-state index in [0.717, 1.165) is 16.8 Å². The summed E-state index contributed by atoms with van der Waals surface area (Å²) in [7, 11) is 0. The number of carbonyl (C=O) groups excluding carboxylic acids is 1. The Labute approximate surface area is 182 Å². The van der Waals surface area contributed by atoms with Gasteiger partial charge in [-0.2, -0.15) is 0 Å². The van der Waals surface area contributed by atoms with Crippen LogP contribution in [0.2, 0.25) is 10.0 Å². The van der Waals surface area contributed by atoms with Gasteiger partial charge in [0.05, 0.1) is 22.3 Å². The third-order valence-corrected chi connectivity index (χ3v) is 5.40. The fourth-order valence-corrected chi connectivity index (χ4v) is 3.54. The minimum absolute atomic E-state index is 0.0791. The third-order valence-electron chi connectivity index (χ3n) is 4.66. The molecule has 0 saturated heterocycles. The summed E-state index contributed by atoms with van der Waals surface area (Å²) in [4.78, 5) is 20.5. The molecule has 154 valence electrons. The maximum Gasteiger partial charge on any atom is 0.223 e. The summed E-state index contributed by atoms with van der Waals surface area (Å²) in [5.74, 6) is 0.118. The fourth-order valence-electron chi connectivity index (χ4n) is 3.24. The summed E-state index contributed by atoms with van der Waals surface area (Å²) in [5, 5.41) is 5.22. The molecule has 1 aliphatic heterocycles. The molecule has 0 N–H and O–H groups in total. The van der Waals surface area contributed by atoms with E-state index in [1.54, 1.807) is 12.1 Å². The largest absolute Gasteiger partial charge is 0.390 e. The second-order valence-corrected chi connectivity index (χ2v) is 9.41. The van der Waals surface area contributed by atoms with Crippen molar-refractivity contribution in [1.82, 2.24) is 4.90 Å². The number of hydrogen-bond acceptors (Lipinski definition) is 3. The van der Waals surface area contributed by atoms with E-state index < -0.39 is 0 Å². The molecule has 0 aromatic heterocycles. The monoisotopic (exact) mass is 432 g/mol. The van der Waals surface area contributed by atoms with Crippen LogP contribution in [0, 0.1) is 5.41 Å². The molecule has 4 nitrogen and oxygen atoms in total. The molecule has 2 aromatic rings. The van der Waals surface area contributed by atoms with Crippen molar-refractivity contribution in [2.75, 3.05) is 6.54 Å². The van der Waals surface area contributed by atoms with Crippen LogP contribution in [0.15, 0.2) is 53.7 Å². The zero-order valence-corrected chi connectivity index (χ0v) is 18.5. The van der Waals surface area contributed by atoms with Crippen LogP contribution in [0.3, 0.4) is 0 Å². The Hall–Kier alpha value is -2.04. The van der Waals surface area contributed by atoms with E-state index in [1.165, 1.54) is 0 Å². The Kier molecular flexibility index (Phi) is 6.86. The van der Waals surface area contributed by atoms with Gasteiger partial charge in [-0.1, -0.05) is 85.5 Å². The maximum absolute atomic E-state index is 13.0. The van der Waals surface area contributed by atoms with Crippen LogP contribution in [0.25, 0.3) is 0 Å². The second kappa shape index (κ2) is 9.19. The van der Waals surface area contributed by atoms with Crippen LogP contribution in [-0.2, 0) is 16.2 Å². The first-order valence-corrected chi connectivity index (χ1v) is 10.5. The quantitative estimate of drug-likeness (QED) is 0.565. The summed E-state index contributed by atoms with van der Waals surface area (Å²) < 4.78 is 0. The molecular weight excluding hydrogens is 407 g/mol. The SMILES string of the molecule is CC(C)(C)CC(=O)N(Cc1ccccc1)CC1CC(c2ccc(Cl)c(Cl)c2)=NO1. The number of nitrogens with zero attached hydrogens (tertiary/aromatic N) is 2. The first-order valence-electron chi connectivity index (χ1n) is 9.71. The lowest BCUT2D eigenvalue weighted by Crippen LogP contribution is -2.38. The Morgan fingerprint density at radius 2 is 1.86 bits per heavy atom. The van der Waals surface area contributed by atoms with Gasteiger partial charge in [0.1, 0.15) is 0 Å². The second-order valence-electron chi connectivity index (χ2n) is 8.60. The van der Waals surface area contributed by atoms with E-state index >= 15 is 0 Å². The first-order chi connectivity index (χ1) is 13.7. The Balaban J connectivity index is 1.69. The highest BCUT2D eigenvalue weighted by atomic mass is 35.5. The Bertz CT molecular complexity index is 891. The van der Waals surface area contributed by atoms with Gasteiger partial charge in [0, 0.05) is 24.9 Å². The number of carbonyl (C=O) groups is 1. The van der Waals surface area contributed by atoms with Gasteiger partial charge in [0.15, 0.2) is 6.10 Å². The summed E-state index contributed by atoms with van der Waals surface area (Å²) in [6, 6.07) is 15.4. The molecule has 6 heteroatoms. The van der Waals surface area contributed by atoms with Crippen LogP contribution in [-0.4, -0.2) is 29.2 Å². The average Bonchev–Trinajstić information content (AvgIpc) is 3.11. The van der Waals surface area contributed by atoms with Crippen molar-refractivity contribution in [1.29, 1.82) is 0 Å². The van der Waals surface area contributed by atoms with Gasteiger partial charge < -0.3 is 9.74 Å². The molecule has 1 amide bonds. The lowest BCUT2D eigenvalue weighted by atomic mass is 9.91. The van der Waals surface area contributed by atoms with Gasteiger partial charge in [0.25, 0.3) is 0 Å². The highest BCUT2D eigenvalue weighted by Gasteiger charge is 2.28. The van der Waals surface area contributed by atoms with Crippen LogP contribution in [0.1, 0.15) is 44.7 Å². The fraction of sp³-hybridized carbons (Fsp3) is 0.391. The number of amides is 1. The van der Waals surface area contributed by atoms with E-state index in [2.05, 4.69) is 25.9 Å². The molecule has 1 heterocycles. The van der Waals surface area contributed by atoms with Gasteiger partial charge in [-0.25, -0.2) is 0 Å². The summed E-state index contributed by atoms with van der Waals surface area (Å²) in [5.41, 5.74) is 2.72. The molecule has 0 fully saturated rings. The van der Waals surface area contributed by atoms with Crippen molar-refractivity contribution >= 4 is 34.8 Å². The molecule has 2 aromatic carbocycles. The molecule has 0 spiro atoms. The maximum atomic E-state index is 13.0. The smallest absolute Gasteiger partial charge is 0.223 e. The van der Waals surface area contributed by atoms with Crippen LogP contribution in [0.5, 0.6) is 0 Å². The minimum Gasteiger partial charge on any atom is -0.390 e. The summed E-state index contributed by atoms with van der Waals surface area (Å²) in [6.07, 6.45) is 0.908. The van der Waals surface area contributed by atoms with Crippen LogP contribution in [0.4, 0.5) is 0 Å². The Morgan fingerprint density at radius 1 is 1.14 bits per heavy atom. The lowest BCUT2D eigenvalue weighted by Gasteiger charge is -2.28. The van der Waals surface area contributed by atoms with Crippen molar-refractivity contribution in [3.05, 3.63) is 69.7 Å². The molecular formula is C23H26Cl2N2O2. The zero-order valence-electron chi connectivity index (χ0n) is 17.0. The molecule has 0 aliphatic carbocycles.